The fourth-order valence-corrected chi connectivity index (χ4v) is 13.0. The molecule has 0 spiro atoms. The molecule has 0 saturated carbocycles. The van der Waals surface area contributed by atoms with Gasteiger partial charge in [0, 0.05) is 15.8 Å². The van der Waals surface area contributed by atoms with Gasteiger partial charge in [0.2, 0.25) is 0 Å². The first-order valence-corrected chi connectivity index (χ1v) is 12.3. The first-order valence-electron chi connectivity index (χ1n) is 3.69. The summed E-state index contributed by atoms with van der Waals surface area (Å²) in [6.07, 6.45) is 14.1. The third kappa shape index (κ3) is 7.72. The minimum atomic E-state index is -4.14. The average Bonchev–Trinajstić information content (AvgIpc) is 2.27. The third-order valence-corrected chi connectivity index (χ3v) is 11.9. The normalized spacial score (nSPS) is 11.8. The van der Waals surface area contributed by atoms with Gasteiger partial charge in [-0.05, 0) is 31.9 Å². The Bertz CT molecular complexity index is 661. The van der Waals surface area contributed by atoms with Crippen molar-refractivity contribution in [3.63, 3.8) is 0 Å². The van der Waals surface area contributed by atoms with Crippen LogP contribution in [0.3, 0.4) is 0 Å². The van der Waals surface area contributed by atoms with Gasteiger partial charge in [0.05, 0.1) is 0 Å². The fraction of sp³-hybridized carbons (Fsp3) is 0. The summed E-state index contributed by atoms with van der Waals surface area (Å²) in [4.78, 5) is 0. The van der Waals surface area contributed by atoms with Gasteiger partial charge in [0.25, 0.3) is 26.6 Å². The minimum absolute atomic E-state index is 0.0559. The number of hydrogen-bond donors (Lipinski definition) is 0. The lowest BCUT2D eigenvalue weighted by Crippen LogP contribution is -2.09. The summed E-state index contributed by atoms with van der Waals surface area (Å²) < 4.78 is 65.4. The van der Waals surface area contributed by atoms with E-state index in [9.17, 15) is 25.3 Å². The smallest absolute Gasteiger partial charge is 0.205 e. The highest BCUT2D eigenvalue weighted by molar-refractivity contribution is 9.16. The van der Waals surface area contributed by atoms with E-state index >= 15 is 0 Å². The second-order valence-corrected chi connectivity index (χ2v) is 14.3. The van der Waals surface area contributed by atoms with Crippen LogP contribution in [-0.2, 0) is 26.6 Å². The van der Waals surface area contributed by atoms with Crippen molar-refractivity contribution in [2.24, 2.45) is 0 Å². The summed E-state index contributed by atoms with van der Waals surface area (Å²) in [5.41, 5.74) is 0. The summed E-state index contributed by atoms with van der Waals surface area (Å²) in [6.45, 7) is 0. The monoisotopic (exact) mass is 374 g/mol. The zero-order valence-electron chi connectivity index (χ0n) is 8.71. The van der Waals surface area contributed by atoms with Crippen LogP contribution in [0, 0.1) is 35.0 Å². The van der Waals surface area contributed by atoms with Gasteiger partial charge in [0.1, 0.15) is 0 Å². The maximum atomic E-state index is 11.2. The molecular formula is C6H3BO6S6. The summed E-state index contributed by atoms with van der Waals surface area (Å²) in [6, 6.07) is 0. The van der Waals surface area contributed by atoms with Crippen LogP contribution in [0.25, 0.3) is 0 Å². The van der Waals surface area contributed by atoms with Gasteiger partial charge in [-0.15, -0.1) is 19.3 Å². The molecule has 0 saturated heterocycles. The maximum absolute atomic E-state index is 11.2. The lowest BCUT2D eigenvalue weighted by molar-refractivity contribution is 0.618. The number of hydrogen-bond acceptors (Lipinski definition) is 9. The first kappa shape index (κ1) is 18.6. The van der Waals surface area contributed by atoms with E-state index in [2.05, 4.69) is 0 Å². The molecule has 0 aliphatic heterocycles. The van der Waals surface area contributed by atoms with E-state index in [-0.39, 0.29) is 31.9 Å². The van der Waals surface area contributed by atoms with E-state index in [1.807, 2.05) is 0 Å². The molecule has 0 atom stereocenters. The number of terminal acetylenes is 3. The average molecular weight is 374 g/mol. The quantitative estimate of drug-likeness (QED) is 0.359. The summed E-state index contributed by atoms with van der Waals surface area (Å²) in [5, 5.41) is 4.18. The summed E-state index contributed by atoms with van der Waals surface area (Å²) in [5.74, 6) is 0. The molecule has 0 aromatic carbocycles. The van der Waals surface area contributed by atoms with E-state index in [1.165, 1.54) is 15.8 Å². The Kier molecular flexibility index (Phi) is 6.76. The molecule has 19 heavy (non-hydrogen) atoms. The molecule has 0 rings (SSSR count). The predicted octanol–water partition coefficient (Wildman–Crippen LogP) is -0.0676. The molecule has 102 valence electrons. The molecule has 0 aromatic rings. The maximum Gasteiger partial charge on any atom is 0.395 e. The van der Waals surface area contributed by atoms with E-state index < -0.39 is 31.2 Å². The van der Waals surface area contributed by atoms with Crippen LogP contribution in [0.5, 0.6) is 0 Å². The molecular weight excluding hydrogens is 371 g/mol. The first-order chi connectivity index (χ1) is 8.47. The Morgan fingerprint density at radius 3 is 1.00 bits per heavy atom. The van der Waals surface area contributed by atoms with Crippen molar-refractivity contribution in [2.75, 3.05) is 0 Å². The van der Waals surface area contributed by atoms with Crippen LogP contribution in [0.2, 0.25) is 0 Å². The molecule has 0 bridgehead atoms. The van der Waals surface area contributed by atoms with Gasteiger partial charge in [-0.2, -0.15) is 0 Å². The summed E-state index contributed by atoms with van der Waals surface area (Å²) >= 11 is 0. The van der Waals surface area contributed by atoms with E-state index in [1.54, 1.807) is 0 Å². The van der Waals surface area contributed by atoms with Crippen LogP contribution >= 0.6 is 31.9 Å². The Morgan fingerprint density at radius 1 is 0.632 bits per heavy atom. The lowest BCUT2D eigenvalue weighted by atomic mass is 10.7. The van der Waals surface area contributed by atoms with E-state index in [4.69, 9.17) is 19.3 Å². The van der Waals surface area contributed by atoms with Gasteiger partial charge in [0.15, 0.2) is 0 Å². The zero-order chi connectivity index (χ0) is 15.3. The SMILES string of the molecule is C#CS(=O)(=O)SB(SS(=O)(=O)C#C)SS(=O)(=O)C#C. The third-order valence-electron chi connectivity index (χ3n) is 1.05. The molecule has 0 N–H and O–H groups in total. The molecule has 13 heteroatoms. The molecule has 0 aromatic heterocycles. The Labute approximate surface area is 123 Å². The Hall–Kier alpha value is -0.355. The molecule has 0 heterocycles. The van der Waals surface area contributed by atoms with Gasteiger partial charge in [-0.25, -0.2) is 25.3 Å². The van der Waals surface area contributed by atoms with E-state index in [0.717, 1.165) is 0 Å². The van der Waals surface area contributed by atoms with Crippen molar-refractivity contribution in [3.05, 3.63) is 0 Å². The fourth-order valence-electron chi connectivity index (χ4n) is 0.442. The van der Waals surface area contributed by atoms with Crippen molar-refractivity contribution >= 4 is 63.1 Å². The highest BCUT2D eigenvalue weighted by Crippen LogP contribution is 2.38. The van der Waals surface area contributed by atoms with Crippen LogP contribution < -0.4 is 0 Å². The van der Waals surface area contributed by atoms with Crippen LogP contribution in [-0.4, -0.2) is 29.8 Å². The summed E-state index contributed by atoms with van der Waals surface area (Å²) in [7, 11) is -12.6. The van der Waals surface area contributed by atoms with E-state index in [0.29, 0.717) is 0 Å². The van der Waals surface area contributed by atoms with Crippen molar-refractivity contribution in [2.45, 2.75) is 0 Å². The van der Waals surface area contributed by atoms with Crippen molar-refractivity contribution < 1.29 is 25.3 Å². The molecule has 0 aliphatic rings. The lowest BCUT2D eigenvalue weighted by Gasteiger charge is -2.06. The largest absolute Gasteiger partial charge is 0.395 e. The standard InChI is InChI=1S/C6H3BO6S6/c1-4-17(8,9)14-7(15-18(10,11)5-2)16-19(12,13)6-3/h1-3H. The molecule has 0 unspecified atom stereocenters. The van der Waals surface area contributed by atoms with Crippen LogP contribution in [0.1, 0.15) is 0 Å². The van der Waals surface area contributed by atoms with Gasteiger partial charge < -0.3 is 0 Å². The van der Waals surface area contributed by atoms with Crippen LogP contribution in [0.4, 0.5) is 0 Å². The van der Waals surface area contributed by atoms with Crippen molar-refractivity contribution in [1.29, 1.82) is 0 Å². The molecule has 0 amide bonds. The number of rotatable bonds is 6. The minimum Gasteiger partial charge on any atom is -0.205 e. The Morgan fingerprint density at radius 2 is 0.842 bits per heavy atom. The zero-order valence-corrected chi connectivity index (χ0v) is 13.6. The second-order valence-electron chi connectivity index (χ2n) is 2.29. The van der Waals surface area contributed by atoms with Crippen LogP contribution in [0.15, 0.2) is 0 Å². The van der Waals surface area contributed by atoms with Gasteiger partial charge >= 0.3 is 4.55 Å². The van der Waals surface area contributed by atoms with Gasteiger partial charge in [-0.1, -0.05) is 0 Å². The molecule has 6 nitrogen and oxygen atoms in total. The highest BCUT2D eigenvalue weighted by Gasteiger charge is 2.34. The van der Waals surface area contributed by atoms with Gasteiger partial charge in [-0.3, -0.25) is 0 Å². The topological polar surface area (TPSA) is 102 Å². The molecule has 0 radical (unpaired) electrons. The Balaban J connectivity index is 5.39. The molecule has 0 fully saturated rings. The van der Waals surface area contributed by atoms with Crippen molar-refractivity contribution in [3.8, 4) is 35.0 Å². The van der Waals surface area contributed by atoms with Crippen molar-refractivity contribution in [1.82, 2.24) is 0 Å². The predicted molar refractivity (Wildman–Crippen MR) is 81.8 cm³/mol. The second kappa shape index (κ2) is 6.89. The highest BCUT2D eigenvalue weighted by atomic mass is 33.2. The molecule has 0 aliphatic carbocycles.